The first kappa shape index (κ1) is 21.2. The molecule has 1 fully saturated rings. The van der Waals surface area contributed by atoms with Crippen LogP contribution in [0, 0.1) is 19.8 Å². The van der Waals surface area contributed by atoms with E-state index in [2.05, 4.69) is 19.9 Å². The minimum atomic E-state index is -0.684. The lowest BCUT2D eigenvalue weighted by Crippen LogP contribution is -2.41. The maximum atomic E-state index is 12.4. The highest BCUT2D eigenvalue weighted by Crippen LogP contribution is 2.24. The number of aromatic amines is 1. The van der Waals surface area contributed by atoms with Crippen molar-refractivity contribution in [1.29, 1.82) is 0 Å². The molecule has 164 valence electrons. The number of nitrogens with zero attached hydrogens (tertiary/aromatic N) is 4. The number of carbonyl (C=O) groups excluding carboxylic acids is 1. The summed E-state index contributed by atoms with van der Waals surface area (Å²) in [4.78, 5) is 49.5. The third-order valence-electron chi connectivity index (χ3n) is 5.99. The van der Waals surface area contributed by atoms with Crippen molar-refractivity contribution in [2.75, 3.05) is 26.2 Å². The first-order valence-corrected chi connectivity index (χ1v) is 10.7. The molecule has 1 N–H and O–H groups in total. The smallest absolute Gasteiger partial charge is 0.349 e. The lowest BCUT2D eigenvalue weighted by molar-refractivity contribution is -0.149. The van der Waals surface area contributed by atoms with E-state index in [0.717, 1.165) is 36.0 Å². The second-order valence-electron chi connectivity index (χ2n) is 8.12. The third kappa shape index (κ3) is 4.23. The largest absolute Gasteiger partial charge is 0.466 e. The summed E-state index contributed by atoms with van der Waals surface area (Å²) in [5.41, 5.74) is 2.61. The Bertz CT molecular complexity index is 1210. The number of aromatic nitrogens is 4. The van der Waals surface area contributed by atoms with Crippen LogP contribution in [0.15, 0.2) is 21.7 Å². The summed E-state index contributed by atoms with van der Waals surface area (Å²) in [5, 5.41) is 0. The molecule has 9 nitrogen and oxygen atoms in total. The molecule has 1 unspecified atom stereocenters. The second-order valence-corrected chi connectivity index (χ2v) is 8.12. The van der Waals surface area contributed by atoms with Gasteiger partial charge in [0.2, 0.25) is 0 Å². The number of rotatable bonds is 5. The fraction of sp³-hybridized carbons (Fsp3) is 0.500. The minimum Gasteiger partial charge on any atom is -0.466 e. The number of carbonyl (C=O) groups is 1. The number of fused-ring (bicyclic) bond motifs is 2. The molecule has 1 aromatic carbocycles. The van der Waals surface area contributed by atoms with Gasteiger partial charge in [-0.3, -0.25) is 14.6 Å². The summed E-state index contributed by atoms with van der Waals surface area (Å²) in [6, 6.07) is 3.96. The summed E-state index contributed by atoms with van der Waals surface area (Å²) in [6.45, 7) is 8.91. The molecule has 1 atom stereocenters. The van der Waals surface area contributed by atoms with Gasteiger partial charge >= 0.3 is 11.7 Å². The Kier molecular flexibility index (Phi) is 5.86. The molecule has 0 aromatic heterocycles. The predicted molar refractivity (Wildman–Crippen MR) is 116 cm³/mol. The molecule has 1 aromatic rings. The molecule has 3 aliphatic heterocycles. The Morgan fingerprint density at radius 2 is 1.97 bits per heavy atom. The fourth-order valence-electron chi connectivity index (χ4n) is 4.23. The molecule has 3 heterocycles. The van der Waals surface area contributed by atoms with Gasteiger partial charge in [-0.1, -0.05) is 0 Å². The molecule has 3 aliphatic rings. The van der Waals surface area contributed by atoms with Crippen LogP contribution < -0.4 is 11.2 Å². The quantitative estimate of drug-likeness (QED) is 0.487. The van der Waals surface area contributed by atoms with E-state index in [1.807, 2.05) is 37.5 Å². The average molecular weight is 425 g/mol. The molecule has 31 heavy (non-hydrogen) atoms. The van der Waals surface area contributed by atoms with Gasteiger partial charge in [-0.25, -0.2) is 9.78 Å². The number of piperidine rings is 1. The van der Waals surface area contributed by atoms with Gasteiger partial charge in [0.15, 0.2) is 11.5 Å². The van der Waals surface area contributed by atoms with E-state index in [1.165, 1.54) is 0 Å². The van der Waals surface area contributed by atoms with E-state index in [1.54, 1.807) is 0 Å². The van der Waals surface area contributed by atoms with Gasteiger partial charge in [0, 0.05) is 19.6 Å². The fourth-order valence-corrected chi connectivity index (χ4v) is 4.23. The van der Waals surface area contributed by atoms with Crippen molar-refractivity contribution in [3.05, 3.63) is 44.1 Å². The van der Waals surface area contributed by atoms with E-state index in [0.29, 0.717) is 31.8 Å². The minimum absolute atomic E-state index is 0.122. The zero-order valence-corrected chi connectivity index (χ0v) is 18.1. The zero-order chi connectivity index (χ0) is 22.1. The maximum Gasteiger partial charge on any atom is 0.349 e. The van der Waals surface area contributed by atoms with Crippen molar-refractivity contribution in [2.24, 2.45) is 5.92 Å². The number of benzene rings is 1. The molecular formula is C22H27N5O4. The van der Waals surface area contributed by atoms with Crippen LogP contribution in [0.4, 0.5) is 0 Å². The number of ether oxygens (including phenoxy) is 1. The highest BCUT2D eigenvalue weighted by atomic mass is 16.5. The highest BCUT2D eigenvalue weighted by Gasteiger charge is 2.27. The van der Waals surface area contributed by atoms with Gasteiger partial charge in [0.25, 0.3) is 5.56 Å². The molecule has 0 amide bonds. The number of nitrogens with one attached hydrogen (secondary N) is 1. The number of H-pyrrole nitrogens is 1. The first-order valence-electron chi connectivity index (χ1n) is 10.7. The topological polar surface area (TPSA) is 110 Å². The molecule has 9 heteroatoms. The van der Waals surface area contributed by atoms with Crippen LogP contribution in [0.3, 0.4) is 0 Å². The van der Waals surface area contributed by atoms with Gasteiger partial charge in [-0.15, -0.1) is 0 Å². The van der Waals surface area contributed by atoms with Crippen LogP contribution in [0.5, 0.6) is 0 Å². The molecule has 0 bridgehead atoms. The van der Waals surface area contributed by atoms with Gasteiger partial charge in [-0.2, -0.15) is 4.98 Å². The molecule has 0 aliphatic carbocycles. The highest BCUT2D eigenvalue weighted by molar-refractivity contribution is 5.81. The summed E-state index contributed by atoms with van der Waals surface area (Å²) in [5.74, 6) is 0.0159. The predicted octanol–water partition coefficient (Wildman–Crippen LogP) is 1.48. The maximum absolute atomic E-state index is 12.4. The van der Waals surface area contributed by atoms with E-state index < -0.39 is 11.2 Å². The molecular weight excluding hydrogens is 398 g/mol. The van der Waals surface area contributed by atoms with Crippen LogP contribution in [0.2, 0.25) is 0 Å². The lowest BCUT2D eigenvalue weighted by atomic mass is 9.98. The van der Waals surface area contributed by atoms with E-state index in [4.69, 9.17) is 4.74 Å². The first-order chi connectivity index (χ1) is 14.9. The SMILES string of the molecule is CCOC(=O)C1CCCN(CCn2c3nc(=O)[nH]c(=O)c-3nc3cc(C)c(C)cc32)C1. The molecule has 0 radical (unpaired) electrons. The van der Waals surface area contributed by atoms with Crippen molar-refractivity contribution >= 4 is 17.0 Å². The standard InChI is InChI=1S/C22H27N5O4/c1-4-31-21(29)15-6-5-7-26(12-15)8-9-27-17-11-14(3)13(2)10-16(17)23-18-19(27)24-22(30)25-20(18)28/h10-11,15H,4-9,12H2,1-3H3,(H,25,28,30). The molecule has 4 rings (SSSR count). The molecule has 0 spiro atoms. The van der Waals surface area contributed by atoms with Crippen LogP contribution in [-0.2, 0) is 16.1 Å². The van der Waals surface area contributed by atoms with Crippen LogP contribution in [0.1, 0.15) is 30.9 Å². The van der Waals surface area contributed by atoms with E-state index in [-0.39, 0.29) is 23.4 Å². The lowest BCUT2D eigenvalue weighted by Gasteiger charge is -2.32. The Morgan fingerprint density at radius 3 is 2.74 bits per heavy atom. The molecule has 0 saturated carbocycles. The van der Waals surface area contributed by atoms with Crippen molar-refractivity contribution in [2.45, 2.75) is 40.2 Å². The summed E-state index contributed by atoms with van der Waals surface area (Å²) in [6.07, 6.45) is 1.76. The summed E-state index contributed by atoms with van der Waals surface area (Å²) < 4.78 is 7.09. The number of hydrogen-bond donors (Lipinski definition) is 1. The Hall–Kier alpha value is -3.07. The van der Waals surface area contributed by atoms with Crippen molar-refractivity contribution in [3.8, 4) is 11.5 Å². The number of likely N-dealkylation sites (tertiary alicyclic amines) is 1. The van der Waals surface area contributed by atoms with Gasteiger partial charge in [0.05, 0.1) is 23.6 Å². The normalized spacial score (nSPS) is 17.3. The number of aryl methyl sites for hydroxylation is 2. The Labute approximate surface area is 179 Å². The van der Waals surface area contributed by atoms with Crippen molar-refractivity contribution in [1.82, 2.24) is 24.4 Å². The van der Waals surface area contributed by atoms with E-state index in [9.17, 15) is 14.4 Å². The summed E-state index contributed by atoms with van der Waals surface area (Å²) in [7, 11) is 0. The number of esters is 1. The van der Waals surface area contributed by atoms with Crippen LogP contribution >= 0.6 is 0 Å². The van der Waals surface area contributed by atoms with Gasteiger partial charge in [-0.05, 0) is 63.4 Å². The second kappa shape index (κ2) is 8.58. The monoisotopic (exact) mass is 425 g/mol. The van der Waals surface area contributed by atoms with Gasteiger partial charge < -0.3 is 14.2 Å². The zero-order valence-electron chi connectivity index (χ0n) is 18.1. The van der Waals surface area contributed by atoms with Crippen LogP contribution in [0.25, 0.3) is 22.6 Å². The Morgan fingerprint density at radius 1 is 1.19 bits per heavy atom. The van der Waals surface area contributed by atoms with Crippen molar-refractivity contribution < 1.29 is 9.53 Å². The molecule has 1 saturated heterocycles. The van der Waals surface area contributed by atoms with E-state index >= 15 is 0 Å². The van der Waals surface area contributed by atoms with Crippen molar-refractivity contribution in [3.63, 3.8) is 0 Å². The van der Waals surface area contributed by atoms with Crippen LogP contribution in [-0.4, -0.2) is 56.6 Å². The number of hydrogen-bond acceptors (Lipinski definition) is 7. The Balaban J connectivity index is 1.70. The average Bonchev–Trinajstić information content (AvgIpc) is 2.73. The summed E-state index contributed by atoms with van der Waals surface area (Å²) >= 11 is 0. The third-order valence-corrected chi connectivity index (χ3v) is 5.99. The van der Waals surface area contributed by atoms with Gasteiger partial charge in [0.1, 0.15) is 0 Å².